The van der Waals surface area contributed by atoms with Crippen LogP contribution >= 0.6 is 0 Å². The first-order valence-corrected chi connectivity index (χ1v) is 5.09. The van der Waals surface area contributed by atoms with Crippen LogP contribution in [0.4, 0.5) is 0 Å². The molecule has 0 aliphatic carbocycles. The monoisotopic (exact) mass is 223 g/mol. The minimum absolute atomic E-state index is 0.247. The van der Waals surface area contributed by atoms with Gasteiger partial charge >= 0.3 is 5.97 Å². The van der Waals surface area contributed by atoms with Crippen molar-refractivity contribution in [1.29, 1.82) is 0 Å². The lowest BCUT2D eigenvalue weighted by atomic mass is 9.96. The van der Waals surface area contributed by atoms with E-state index in [9.17, 15) is 4.79 Å². The van der Waals surface area contributed by atoms with Crippen molar-refractivity contribution in [2.45, 2.75) is 25.8 Å². The molecule has 0 bridgehead atoms. The lowest BCUT2D eigenvalue weighted by Crippen LogP contribution is -2.34. The highest BCUT2D eigenvalue weighted by atomic mass is 16.5. The molecule has 0 heterocycles. The molecule has 1 aromatic carbocycles. The molecule has 0 atom stereocenters. The molecule has 0 saturated heterocycles. The SMILES string of the molecule is CC(C)(N)Cc1ccc(OCC(=O)O)cc1. The van der Waals surface area contributed by atoms with Crippen molar-refractivity contribution >= 4 is 5.97 Å². The lowest BCUT2D eigenvalue weighted by molar-refractivity contribution is -0.139. The van der Waals surface area contributed by atoms with Crippen LogP contribution in [0.2, 0.25) is 0 Å². The van der Waals surface area contributed by atoms with Gasteiger partial charge in [-0.1, -0.05) is 12.1 Å². The summed E-state index contributed by atoms with van der Waals surface area (Å²) in [6.07, 6.45) is 0.770. The first kappa shape index (κ1) is 12.5. The average Bonchev–Trinajstić information content (AvgIpc) is 2.14. The molecule has 3 N–H and O–H groups in total. The van der Waals surface area contributed by atoms with Gasteiger partial charge in [0.2, 0.25) is 0 Å². The Balaban J connectivity index is 2.57. The van der Waals surface area contributed by atoms with Crippen LogP contribution in [0.5, 0.6) is 5.75 Å². The number of carboxylic acids is 1. The zero-order chi connectivity index (χ0) is 12.2. The Morgan fingerprint density at radius 1 is 1.38 bits per heavy atom. The largest absolute Gasteiger partial charge is 0.482 e. The van der Waals surface area contributed by atoms with E-state index >= 15 is 0 Å². The summed E-state index contributed by atoms with van der Waals surface area (Å²) in [5.74, 6) is -0.423. The minimum atomic E-state index is -0.979. The second-order valence-electron chi connectivity index (χ2n) is 4.49. The zero-order valence-corrected chi connectivity index (χ0v) is 9.56. The molecule has 4 heteroatoms. The Morgan fingerprint density at radius 3 is 2.38 bits per heavy atom. The van der Waals surface area contributed by atoms with Crippen LogP contribution < -0.4 is 10.5 Å². The number of carboxylic acid groups (broad SMARTS) is 1. The van der Waals surface area contributed by atoms with Crippen LogP contribution in [0.3, 0.4) is 0 Å². The maximum Gasteiger partial charge on any atom is 0.341 e. The molecule has 4 nitrogen and oxygen atoms in total. The topological polar surface area (TPSA) is 72.5 Å². The zero-order valence-electron chi connectivity index (χ0n) is 9.56. The Kier molecular flexibility index (Phi) is 3.90. The lowest BCUT2D eigenvalue weighted by Gasteiger charge is -2.18. The molecule has 88 valence electrons. The van der Waals surface area contributed by atoms with Crippen molar-refractivity contribution in [3.8, 4) is 5.75 Å². The van der Waals surface area contributed by atoms with Gasteiger partial charge < -0.3 is 15.6 Å². The van der Waals surface area contributed by atoms with Crippen LogP contribution in [-0.4, -0.2) is 23.2 Å². The van der Waals surface area contributed by atoms with Crippen molar-refractivity contribution in [2.75, 3.05) is 6.61 Å². The smallest absolute Gasteiger partial charge is 0.341 e. The number of ether oxygens (including phenoxy) is 1. The van der Waals surface area contributed by atoms with E-state index in [0.717, 1.165) is 12.0 Å². The molecule has 16 heavy (non-hydrogen) atoms. The number of rotatable bonds is 5. The van der Waals surface area contributed by atoms with Gasteiger partial charge in [0.1, 0.15) is 5.75 Å². The molecule has 0 aliphatic heterocycles. The van der Waals surface area contributed by atoms with Gasteiger partial charge in [0, 0.05) is 5.54 Å². The second-order valence-corrected chi connectivity index (χ2v) is 4.49. The highest BCUT2D eigenvalue weighted by molar-refractivity contribution is 5.68. The highest BCUT2D eigenvalue weighted by Gasteiger charge is 2.11. The van der Waals surface area contributed by atoms with Crippen molar-refractivity contribution in [1.82, 2.24) is 0 Å². The predicted molar refractivity (Wildman–Crippen MR) is 61.5 cm³/mol. The van der Waals surface area contributed by atoms with Gasteiger partial charge in [0.15, 0.2) is 6.61 Å². The molecule has 0 saturated carbocycles. The molecule has 0 spiro atoms. The van der Waals surface area contributed by atoms with E-state index in [1.54, 1.807) is 12.1 Å². The maximum absolute atomic E-state index is 10.3. The Bertz CT molecular complexity index is 352. The molecule has 1 rings (SSSR count). The normalized spacial score (nSPS) is 11.2. The minimum Gasteiger partial charge on any atom is -0.482 e. The van der Waals surface area contributed by atoms with Crippen LogP contribution in [0.25, 0.3) is 0 Å². The van der Waals surface area contributed by atoms with Gasteiger partial charge in [-0.2, -0.15) is 0 Å². The van der Waals surface area contributed by atoms with E-state index in [1.165, 1.54) is 0 Å². The summed E-state index contributed by atoms with van der Waals surface area (Å²) in [5.41, 5.74) is 6.76. The maximum atomic E-state index is 10.3. The summed E-state index contributed by atoms with van der Waals surface area (Å²) in [5, 5.41) is 8.44. The summed E-state index contributed by atoms with van der Waals surface area (Å²) < 4.78 is 5.02. The van der Waals surface area contributed by atoms with Crippen LogP contribution in [0.15, 0.2) is 24.3 Å². The summed E-state index contributed by atoms with van der Waals surface area (Å²) >= 11 is 0. The second kappa shape index (κ2) is 4.99. The highest BCUT2D eigenvalue weighted by Crippen LogP contribution is 2.15. The van der Waals surface area contributed by atoms with Crippen molar-refractivity contribution in [3.05, 3.63) is 29.8 Å². The standard InChI is InChI=1S/C12H17NO3/c1-12(2,13)7-9-3-5-10(6-4-9)16-8-11(14)15/h3-6H,7-8,13H2,1-2H3,(H,14,15). The van der Waals surface area contributed by atoms with Crippen LogP contribution in [-0.2, 0) is 11.2 Å². The van der Waals surface area contributed by atoms with E-state index in [1.807, 2.05) is 26.0 Å². The first-order chi connectivity index (χ1) is 7.37. The third-order valence-electron chi connectivity index (χ3n) is 1.95. The van der Waals surface area contributed by atoms with E-state index in [4.69, 9.17) is 15.6 Å². The average molecular weight is 223 g/mol. The molecule has 0 fully saturated rings. The number of hydrogen-bond donors (Lipinski definition) is 2. The fraction of sp³-hybridized carbons (Fsp3) is 0.417. The predicted octanol–water partition coefficient (Wildman–Crippen LogP) is 1.43. The Morgan fingerprint density at radius 2 is 1.94 bits per heavy atom. The fourth-order valence-corrected chi connectivity index (χ4v) is 1.37. The Labute approximate surface area is 95.0 Å². The molecule has 0 radical (unpaired) electrons. The van der Waals surface area contributed by atoms with Gasteiger partial charge in [0.05, 0.1) is 0 Å². The van der Waals surface area contributed by atoms with Crippen molar-refractivity contribution in [2.24, 2.45) is 5.73 Å². The van der Waals surface area contributed by atoms with Gasteiger partial charge in [0.25, 0.3) is 0 Å². The van der Waals surface area contributed by atoms with Crippen LogP contribution in [0, 0.1) is 0 Å². The number of carbonyl (C=O) groups is 1. The van der Waals surface area contributed by atoms with E-state index in [0.29, 0.717) is 5.75 Å². The number of aliphatic carboxylic acids is 1. The number of benzene rings is 1. The molecule has 1 aromatic rings. The molecular formula is C12H17NO3. The van der Waals surface area contributed by atoms with Crippen molar-refractivity contribution in [3.63, 3.8) is 0 Å². The van der Waals surface area contributed by atoms with Crippen LogP contribution in [0.1, 0.15) is 19.4 Å². The summed E-state index contributed by atoms with van der Waals surface area (Å²) in [6, 6.07) is 7.30. The Hall–Kier alpha value is -1.55. The van der Waals surface area contributed by atoms with Gasteiger partial charge in [-0.15, -0.1) is 0 Å². The summed E-state index contributed by atoms with van der Waals surface area (Å²) in [4.78, 5) is 10.3. The number of hydrogen-bond acceptors (Lipinski definition) is 3. The molecule has 0 aliphatic rings. The first-order valence-electron chi connectivity index (χ1n) is 5.09. The molecule has 0 unspecified atom stereocenters. The van der Waals surface area contributed by atoms with Gasteiger partial charge in [-0.3, -0.25) is 0 Å². The summed E-state index contributed by atoms with van der Waals surface area (Å²) in [6.45, 7) is 3.60. The third kappa shape index (κ3) is 4.79. The molecular weight excluding hydrogens is 206 g/mol. The third-order valence-corrected chi connectivity index (χ3v) is 1.95. The van der Waals surface area contributed by atoms with Gasteiger partial charge in [-0.05, 0) is 38.0 Å². The van der Waals surface area contributed by atoms with E-state index < -0.39 is 5.97 Å². The summed E-state index contributed by atoms with van der Waals surface area (Å²) in [7, 11) is 0. The molecule has 0 amide bonds. The fourth-order valence-electron chi connectivity index (χ4n) is 1.37. The van der Waals surface area contributed by atoms with E-state index in [-0.39, 0.29) is 12.1 Å². The van der Waals surface area contributed by atoms with Crippen molar-refractivity contribution < 1.29 is 14.6 Å². The van der Waals surface area contributed by atoms with Gasteiger partial charge in [-0.25, -0.2) is 4.79 Å². The molecule has 0 aromatic heterocycles. The number of nitrogens with two attached hydrogens (primary N) is 1. The quantitative estimate of drug-likeness (QED) is 0.792. The van der Waals surface area contributed by atoms with E-state index in [2.05, 4.69) is 0 Å².